The third-order valence-corrected chi connectivity index (χ3v) is 6.21. The van der Waals surface area contributed by atoms with Gasteiger partial charge in [0.1, 0.15) is 47.6 Å². The van der Waals surface area contributed by atoms with Crippen LogP contribution in [0, 0.1) is 0 Å². The van der Waals surface area contributed by atoms with Crippen molar-refractivity contribution in [3.05, 3.63) is 46.5 Å². The molecular formula is C23H25ClO10. The van der Waals surface area contributed by atoms with E-state index in [4.69, 9.17) is 30.5 Å². The Morgan fingerprint density at radius 3 is 2.65 bits per heavy atom. The summed E-state index contributed by atoms with van der Waals surface area (Å²) in [6.07, 6.45) is 0.217. The molecule has 0 radical (unpaired) electrons. The molecular weight excluding hydrogens is 472 g/mol. The number of phenols is 1. The smallest absolute Gasteiger partial charge is 0.342 e. The molecule has 11 heteroatoms. The maximum Gasteiger partial charge on any atom is 0.342 e. The number of ether oxygens (including phenoxy) is 4. The van der Waals surface area contributed by atoms with Gasteiger partial charge in [0.05, 0.1) is 17.7 Å². The Bertz CT molecular complexity index is 1020. The first-order chi connectivity index (χ1) is 16.2. The second-order valence-corrected chi connectivity index (χ2v) is 8.74. The summed E-state index contributed by atoms with van der Waals surface area (Å²) in [6, 6.07) is 1.04. The van der Waals surface area contributed by atoms with Crippen LogP contribution >= 0.6 is 11.6 Å². The van der Waals surface area contributed by atoms with E-state index in [1.54, 1.807) is 25.2 Å². The van der Waals surface area contributed by atoms with Crippen molar-refractivity contribution >= 4 is 23.4 Å². The van der Waals surface area contributed by atoms with Crippen LogP contribution in [-0.4, -0.2) is 81.7 Å². The lowest BCUT2D eigenvalue weighted by Gasteiger charge is -2.21. The van der Waals surface area contributed by atoms with Gasteiger partial charge in [-0.25, -0.2) is 4.79 Å². The van der Waals surface area contributed by atoms with Crippen molar-refractivity contribution in [3.8, 4) is 11.5 Å². The Morgan fingerprint density at radius 1 is 1.18 bits per heavy atom. The molecule has 3 heterocycles. The number of cyclic esters (lactones) is 1. The van der Waals surface area contributed by atoms with Crippen LogP contribution < -0.4 is 4.74 Å². The van der Waals surface area contributed by atoms with E-state index in [0.717, 1.165) is 6.07 Å². The summed E-state index contributed by atoms with van der Waals surface area (Å²) in [5, 5.41) is 39.8. The zero-order valence-electron chi connectivity index (χ0n) is 18.2. The Labute approximate surface area is 199 Å². The Hall–Kier alpha value is -2.47. The maximum atomic E-state index is 12.9. The first-order valence-electron chi connectivity index (χ1n) is 10.8. The highest BCUT2D eigenvalue weighted by molar-refractivity contribution is 6.33. The van der Waals surface area contributed by atoms with E-state index < -0.39 is 54.8 Å². The maximum absolute atomic E-state index is 12.9. The lowest BCUT2D eigenvalue weighted by Crippen LogP contribution is -2.35. The summed E-state index contributed by atoms with van der Waals surface area (Å²) >= 11 is 6.48. The number of phenolic OH excluding ortho intramolecular Hbond substituents is 1. The number of epoxide rings is 1. The minimum atomic E-state index is -1.51. The molecule has 1 aromatic carbocycles. The van der Waals surface area contributed by atoms with Crippen LogP contribution in [0.4, 0.5) is 0 Å². The molecule has 7 atom stereocenters. The van der Waals surface area contributed by atoms with E-state index in [-0.39, 0.29) is 40.5 Å². The van der Waals surface area contributed by atoms with Crippen molar-refractivity contribution in [2.45, 2.75) is 62.7 Å². The zero-order chi connectivity index (χ0) is 24.6. The normalized spacial score (nSPS) is 35.5. The van der Waals surface area contributed by atoms with Crippen molar-refractivity contribution in [2.75, 3.05) is 6.61 Å². The number of allylic oxidation sites excluding steroid dienone is 3. The number of halogens is 1. The number of carbonyl (C=O) groups excluding carboxylic acids is 2. The van der Waals surface area contributed by atoms with Crippen molar-refractivity contribution in [1.29, 1.82) is 0 Å². The highest BCUT2D eigenvalue weighted by Crippen LogP contribution is 2.40. The highest BCUT2D eigenvalue weighted by Gasteiger charge is 2.44. The van der Waals surface area contributed by atoms with Crippen molar-refractivity contribution < 1.29 is 49.0 Å². The predicted octanol–water partition coefficient (Wildman–Crippen LogP) is 0.804. The minimum Gasteiger partial charge on any atom is -0.507 e. The summed E-state index contributed by atoms with van der Waals surface area (Å²) in [5.41, 5.74) is -0.315. The monoisotopic (exact) mass is 496 g/mol. The van der Waals surface area contributed by atoms with Crippen LogP contribution in [0.15, 0.2) is 30.4 Å². The fourth-order valence-electron chi connectivity index (χ4n) is 3.94. The van der Waals surface area contributed by atoms with Gasteiger partial charge in [-0.2, -0.15) is 0 Å². The molecule has 2 saturated heterocycles. The first-order valence-corrected chi connectivity index (χ1v) is 11.1. The first kappa shape index (κ1) is 24.6. The predicted molar refractivity (Wildman–Crippen MR) is 117 cm³/mol. The van der Waals surface area contributed by atoms with Gasteiger partial charge in [-0.3, -0.25) is 4.79 Å². The molecule has 0 bridgehead atoms. The molecule has 4 N–H and O–H groups in total. The van der Waals surface area contributed by atoms with Gasteiger partial charge in [-0.1, -0.05) is 29.8 Å². The largest absolute Gasteiger partial charge is 0.507 e. The highest BCUT2D eigenvalue weighted by atomic mass is 35.5. The molecule has 0 spiro atoms. The van der Waals surface area contributed by atoms with Crippen LogP contribution in [0.2, 0.25) is 5.02 Å². The molecule has 0 aliphatic carbocycles. The quantitative estimate of drug-likeness (QED) is 0.349. The second kappa shape index (κ2) is 10.0. The summed E-state index contributed by atoms with van der Waals surface area (Å²) in [5.74, 6) is -2.03. The number of aromatic hydroxyl groups is 1. The van der Waals surface area contributed by atoms with Gasteiger partial charge in [-0.15, -0.1) is 0 Å². The molecule has 184 valence electrons. The number of aliphatic hydroxyl groups is 3. The van der Waals surface area contributed by atoms with Gasteiger partial charge in [-0.05, 0) is 13.0 Å². The molecule has 0 aromatic heterocycles. The number of carbonyl (C=O) groups is 2. The molecule has 10 nitrogen and oxygen atoms in total. The topological polar surface area (TPSA) is 155 Å². The minimum absolute atomic E-state index is 0.0307. The van der Waals surface area contributed by atoms with Gasteiger partial charge in [0.25, 0.3) is 0 Å². The number of aliphatic hydroxyl groups excluding tert-OH is 3. The molecule has 1 aromatic rings. The fraction of sp³-hybridized carbons (Fsp3) is 0.478. The Morgan fingerprint density at radius 2 is 1.94 bits per heavy atom. The molecule has 3 aliphatic rings. The summed E-state index contributed by atoms with van der Waals surface area (Å²) in [7, 11) is 0. The van der Waals surface area contributed by atoms with E-state index in [1.165, 1.54) is 6.08 Å². The van der Waals surface area contributed by atoms with Crippen molar-refractivity contribution in [2.24, 2.45) is 0 Å². The van der Waals surface area contributed by atoms with Gasteiger partial charge >= 0.3 is 5.97 Å². The lowest BCUT2D eigenvalue weighted by atomic mass is 9.99. The molecule has 2 fully saturated rings. The average molecular weight is 497 g/mol. The van der Waals surface area contributed by atoms with E-state index in [2.05, 4.69) is 0 Å². The van der Waals surface area contributed by atoms with Crippen LogP contribution in [0.25, 0.3) is 0 Å². The number of esters is 1. The summed E-state index contributed by atoms with van der Waals surface area (Å²) < 4.78 is 21.8. The van der Waals surface area contributed by atoms with Crippen LogP contribution in [0.1, 0.15) is 29.3 Å². The molecule has 0 amide bonds. The van der Waals surface area contributed by atoms with E-state index in [1.807, 2.05) is 0 Å². The number of rotatable bonds is 3. The van der Waals surface area contributed by atoms with Gasteiger partial charge < -0.3 is 39.4 Å². The number of ketones is 1. The third kappa shape index (κ3) is 5.12. The number of hydrogen-bond donors (Lipinski definition) is 4. The van der Waals surface area contributed by atoms with Crippen LogP contribution in [0.3, 0.4) is 0 Å². The van der Waals surface area contributed by atoms with E-state index in [0.29, 0.717) is 6.42 Å². The number of fused-ring (bicyclic) bond motifs is 2. The van der Waals surface area contributed by atoms with Gasteiger partial charge in [0.15, 0.2) is 5.78 Å². The number of benzene rings is 1. The zero-order valence-corrected chi connectivity index (χ0v) is 18.9. The van der Waals surface area contributed by atoms with Crippen molar-refractivity contribution in [3.63, 3.8) is 0 Å². The fourth-order valence-corrected chi connectivity index (χ4v) is 4.20. The molecule has 0 saturated carbocycles. The van der Waals surface area contributed by atoms with Gasteiger partial charge in [0.2, 0.25) is 6.29 Å². The Balaban J connectivity index is 1.68. The molecule has 4 rings (SSSR count). The molecule has 34 heavy (non-hydrogen) atoms. The van der Waals surface area contributed by atoms with Gasteiger partial charge in [0, 0.05) is 24.5 Å². The van der Waals surface area contributed by atoms with Crippen molar-refractivity contribution in [1.82, 2.24) is 0 Å². The lowest BCUT2D eigenvalue weighted by molar-refractivity contribution is -0.116. The van der Waals surface area contributed by atoms with E-state index in [9.17, 15) is 30.0 Å². The SMILES string of the molecule is C[C@@H]1C[C@@H]2O[C@H]2/C=C\C=C\C(=O)Cc2c(Cl)c(OC3OC(CO)C(O)C3O)cc(O)c2C(=O)O1. The van der Waals surface area contributed by atoms with Crippen LogP contribution in [-0.2, 0) is 25.4 Å². The van der Waals surface area contributed by atoms with E-state index >= 15 is 0 Å². The molecule has 4 unspecified atom stereocenters. The number of hydrogen-bond acceptors (Lipinski definition) is 10. The standard InChI is InChI=1S/C23H25ClO10/c1-10-6-15-14(32-15)5-3-2-4-11(26)7-12-18(22(30)31-10)13(27)8-16(19(12)24)33-23-21(29)20(28)17(9-25)34-23/h2-5,8,10,14-15,17,20-21,23,25,27-29H,6-7,9H2,1H3/b4-2+,5-3-/t10-,14+,15+,17?,20?,21?,23?/m1/s1. The summed E-state index contributed by atoms with van der Waals surface area (Å²) in [6.45, 7) is 1.13. The molecule has 3 aliphatic heterocycles. The Kier molecular flexibility index (Phi) is 7.27. The van der Waals surface area contributed by atoms with Crippen LogP contribution in [0.5, 0.6) is 11.5 Å². The third-order valence-electron chi connectivity index (χ3n) is 5.79. The average Bonchev–Trinajstić information content (AvgIpc) is 3.46. The second-order valence-electron chi connectivity index (χ2n) is 8.36. The summed E-state index contributed by atoms with van der Waals surface area (Å²) in [4.78, 5) is 25.5.